The van der Waals surface area contributed by atoms with E-state index in [1.165, 1.54) is 32.2 Å². The fourth-order valence-corrected chi connectivity index (χ4v) is 1.66. The molecule has 1 nitrogen and oxygen atoms in total. The van der Waals surface area contributed by atoms with Gasteiger partial charge in [0.1, 0.15) is 0 Å². The monoisotopic (exact) mass is 219 g/mol. The van der Waals surface area contributed by atoms with E-state index in [4.69, 9.17) is 11.6 Å². The van der Waals surface area contributed by atoms with Crippen LogP contribution in [-0.2, 0) is 0 Å². The Balaban J connectivity index is 3.33. The van der Waals surface area contributed by atoms with Crippen molar-refractivity contribution in [2.75, 3.05) is 13.1 Å². The zero-order valence-corrected chi connectivity index (χ0v) is 10.7. The third kappa shape index (κ3) is 8.83. The van der Waals surface area contributed by atoms with E-state index < -0.39 is 0 Å². The Kier molecular flexibility index (Phi) is 9.97. The lowest BCUT2D eigenvalue weighted by Crippen LogP contribution is -2.24. The Bertz CT molecular complexity index is 115. The highest BCUT2D eigenvalue weighted by Crippen LogP contribution is 2.11. The number of rotatable bonds is 9. The van der Waals surface area contributed by atoms with Crippen molar-refractivity contribution in [2.24, 2.45) is 5.92 Å². The van der Waals surface area contributed by atoms with Crippen molar-refractivity contribution in [2.45, 2.75) is 58.3 Å². The van der Waals surface area contributed by atoms with E-state index in [2.05, 4.69) is 26.1 Å². The molecule has 0 fully saturated rings. The lowest BCUT2D eigenvalue weighted by Gasteiger charge is -2.15. The molecule has 0 bridgehead atoms. The molecular formula is C12H26ClN. The molecule has 0 aliphatic rings. The molecule has 86 valence electrons. The fraction of sp³-hybridized carbons (Fsp3) is 1.00. The molecule has 2 unspecified atom stereocenters. The van der Waals surface area contributed by atoms with Gasteiger partial charge in [0.2, 0.25) is 0 Å². The molecule has 0 saturated heterocycles. The van der Waals surface area contributed by atoms with Gasteiger partial charge in [0.05, 0.1) is 0 Å². The van der Waals surface area contributed by atoms with E-state index in [-0.39, 0.29) is 0 Å². The van der Waals surface area contributed by atoms with Crippen molar-refractivity contribution in [3.8, 4) is 0 Å². The predicted octanol–water partition coefficient (Wildman–Crippen LogP) is 3.81. The molecule has 0 aromatic rings. The third-order valence-corrected chi connectivity index (χ3v) is 2.91. The Morgan fingerprint density at radius 2 is 1.93 bits per heavy atom. The van der Waals surface area contributed by atoms with Crippen molar-refractivity contribution in [3.63, 3.8) is 0 Å². The number of alkyl halides is 1. The fourth-order valence-electron chi connectivity index (χ4n) is 1.55. The summed E-state index contributed by atoms with van der Waals surface area (Å²) in [5.74, 6) is 0.862. The highest BCUT2D eigenvalue weighted by atomic mass is 35.5. The molecule has 0 rings (SSSR count). The first-order valence-corrected chi connectivity index (χ1v) is 6.49. The summed E-state index contributed by atoms with van der Waals surface area (Å²) in [6.45, 7) is 8.83. The van der Waals surface area contributed by atoms with Crippen LogP contribution in [0.3, 0.4) is 0 Å². The van der Waals surface area contributed by atoms with Gasteiger partial charge in [-0.25, -0.2) is 0 Å². The topological polar surface area (TPSA) is 12.0 Å². The Labute approximate surface area is 94.6 Å². The maximum Gasteiger partial charge on any atom is 0.0319 e. The van der Waals surface area contributed by atoms with Crippen LogP contribution in [-0.4, -0.2) is 18.5 Å². The van der Waals surface area contributed by atoms with Gasteiger partial charge in [0, 0.05) is 5.38 Å². The van der Waals surface area contributed by atoms with Gasteiger partial charge in [-0.05, 0) is 38.8 Å². The second kappa shape index (κ2) is 9.79. The molecule has 0 aliphatic heterocycles. The van der Waals surface area contributed by atoms with Gasteiger partial charge in [0.15, 0.2) is 0 Å². The van der Waals surface area contributed by atoms with Gasteiger partial charge in [-0.3, -0.25) is 0 Å². The molecule has 2 atom stereocenters. The molecule has 0 aromatic heterocycles. The Hall–Kier alpha value is 0.250. The molecule has 2 heteroatoms. The van der Waals surface area contributed by atoms with Crippen LogP contribution in [0.15, 0.2) is 0 Å². The Morgan fingerprint density at radius 3 is 2.43 bits per heavy atom. The van der Waals surface area contributed by atoms with Crippen molar-refractivity contribution < 1.29 is 0 Å². The quantitative estimate of drug-likeness (QED) is 0.460. The number of nitrogens with one attached hydrogen (secondary N) is 1. The molecule has 0 saturated carbocycles. The molecule has 0 spiro atoms. The Morgan fingerprint density at radius 1 is 1.21 bits per heavy atom. The zero-order chi connectivity index (χ0) is 10.8. The van der Waals surface area contributed by atoms with Crippen LogP contribution in [0, 0.1) is 5.92 Å². The number of halogens is 1. The van der Waals surface area contributed by atoms with Crippen molar-refractivity contribution in [1.29, 1.82) is 0 Å². The van der Waals surface area contributed by atoms with E-state index in [1.54, 1.807) is 0 Å². The third-order valence-electron chi connectivity index (χ3n) is 2.70. The highest BCUT2D eigenvalue weighted by molar-refractivity contribution is 6.20. The number of hydrogen-bond acceptors (Lipinski definition) is 1. The van der Waals surface area contributed by atoms with E-state index in [9.17, 15) is 0 Å². The van der Waals surface area contributed by atoms with Crippen LogP contribution in [0.25, 0.3) is 0 Å². The molecule has 0 radical (unpaired) electrons. The molecular weight excluding hydrogens is 194 g/mol. The van der Waals surface area contributed by atoms with E-state index in [0.29, 0.717) is 5.38 Å². The van der Waals surface area contributed by atoms with Gasteiger partial charge in [-0.15, -0.1) is 11.6 Å². The average molecular weight is 220 g/mol. The molecule has 0 amide bonds. The average Bonchev–Trinajstić information content (AvgIpc) is 2.16. The SMILES string of the molecule is CCCCC(CC)CNCCC(C)Cl. The van der Waals surface area contributed by atoms with Crippen LogP contribution in [0.2, 0.25) is 0 Å². The maximum atomic E-state index is 5.87. The van der Waals surface area contributed by atoms with E-state index in [0.717, 1.165) is 18.9 Å². The summed E-state index contributed by atoms with van der Waals surface area (Å²) in [7, 11) is 0. The molecule has 14 heavy (non-hydrogen) atoms. The summed E-state index contributed by atoms with van der Waals surface area (Å²) in [6.07, 6.45) is 6.42. The van der Waals surface area contributed by atoms with Crippen molar-refractivity contribution >= 4 is 11.6 Å². The minimum atomic E-state index is 0.304. The van der Waals surface area contributed by atoms with Crippen LogP contribution < -0.4 is 5.32 Å². The van der Waals surface area contributed by atoms with Gasteiger partial charge in [0.25, 0.3) is 0 Å². The lowest BCUT2D eigenvalue weighted by molar-refractivity contribution is 0.418. The predicted molar refractivity (Wildman–Crippen MR) is 66.1 cm³/mol. The molecule has 0 aromatic carbocycles. The van der Waals surface area contributed by atoms with Crippen LogP contribution >= 0.6 is 11.6 Å². The van der Waals surface area contributed by atoms with Gasteiger partial charge in [-0.1, -0.05) is 33.1 Å². The van der Waals surface area contributed by atoms with Crippen LogP contribution in [0.5, 0.6) is 0 Å². The van der Waals surface area contributed by atoms with Crippen LogP contribution in [0.4, 0.5) is 0 Å². The summed E-state index contributed by atoms with van der Waals surface area (Å²) in [4.78, 5) is 0. The second-order valence-electron chi connectivity index (χ2n) is 4.19. The largest absolute Gasteiger partial charge is 0.316 e. The van der Waals surface area contributed by atoms with Crippen LogP contribution in [0.1, 0.15) is 52.9 Å². The summed E-state index contributed by atoms with van der Waals surface area (Å²) in [6, 6.07) is 0. The minimum absolute atomic E-state index is 0.304. The first kappa shape index (κ1) is 14.2. The van der Waals surface area contributed by atoms with E-state index in [1.807, 2.05) is 0 Å². The highest BCUT2D eigenvalue weighted by Gasteiger charge is 2.04. The summed E-state index contributed by atoms with van der Waals surface area (Å²) >= 11 is 5.87. The second-order valence-corrected chi connectivity index (χ2v) is 4.94. The first-order chi connectivity index (χ1) is 6.70. The normalized spacial score (nSPS) is 15.4. The van der Waals surface area contributed by atoms with Crippen molar-refractivity contribution in [3.05, 3.63) is 0 Å². The number of hydrogen-bond donors (Lipinski definition) is 1. The van der Waals surface area contributed by atoms with Gasteiger partial charge in [-0.2, -0.15) is 0 Å². The van der Waals surface area contributed by atoms with Crippen molar-refractivity contribution in [1.82, 2.24) is 5.32 Å². The van der Waals surface area contributed by atoms with Gasteiger partial charge < -0.3 is 5.32 Å². The summed E-state index contributed by atoms with van der Waals surface area (Å²) in [5.41, 5.74) is 0. The maximum absolute atomic E-state index is 5.87. The van der Waals surface area contributed by atoms with Gasteiger partial charge >= 0.3 is 0 Å². The molecule has 1 N–H and O–H groups in total. The standard InChI is InChI=1S/C12H26ClN/c1-4-6-7-12(5-2)10-14-9-8-11(3)13/h11-12,14H,4-10H2,1-3H3. The smallest absolute Gasteiger partial charge is 0.0319 e. The molecule has 0 heterocycles. The zero-order valence-electron chi connectivity index (χ0n) is 9.98. The summed E-state index contributed by atoms with van der Waals surface area (Å²) in [5, 5.41) is 3.80. The first-order valence-electron chi connectivity index (χ1n) is 6.05. The van der Waals surface area contributed by atoms with E-state index >= 15 is 0 Å². The summed E-state index contributed by atoms with van der Waals surface area (Å²) < 4.78 is 0. The minimum Gasteiger partial charge on any atom is -0.316 e. The number of unbranched alkanes of at least 4 members (excludes halogenated alkanes) is 1. The molecule has 0 aliphatic carbocycles. The lowest BCUT2D eigenvalue weighted by atomic mass is 9.99.